The number of benzene rings is 1. The van der Waals surface area contributed by atoms with Crippen molar-refractivity contribution in [2.24, 2.45) is 0 Å². The van der Waals surface area contributed by atoms with Gasteiger partial charge < -0.3 is 10.2 Å². The first kappa shape index (κ1) is 14.6. The average Bonchev–Trinajstić information content (AvgIpc) is 2.42. The molecule has 104 valence electrons. The standard InChI is InChI=1S/C14H18Cl2N2O/c1-2-18-7-5-11(6-8-18)17-14(19)12-9-10(15)3-4-13(12)16/h3-4,9,11H,2,5-8H2,1H3,(H,17,19). The van der Waals surface area contributed by atoms with E-state index in [0.717, 1.165) is 32.5 Å². The largest absolute Gasteiger partial charge is 0.349 e. The summed E-state index contributed by atoms with van der Waals surface area (Å²) in [4.78, 5) is 14.6. The van der Waals surface area contributed by atoms with E-state index in [0.29, 0.717) is 15.6 Å². The van der Waals surface area contributed by atoms with Gasteiger partial charge in [0.15, 0.2) is 0 Å². The lowest BCUT2D eigenvalue weighted by Gasteiger charge is -2.31. The molecule has 0 aromatic heterocycles. The van der Waals surface area contributed by atoms with Crippen LogP contribution in [0.4, 0.5) is 0 Å². The predicted molar refractivity (Wildman–Crippen MR) is 79.1 cm³/mol. The van der Waals surface area contributed by atoms with Crippen molar-refractivity contribution in [1.29, 1.82) is 0 Å². The Labute approximate surface area is 123 Å². The van der Waals surface area contributed by atoms with E-state index in [9.17, 15) is 4.79 Å². The molecular weight excluding hydrogens is 283 g/mol. The SMILES string of the molecule is CCN1CCC(NC(=O)c2cc(Cl)ccc2Cl)CC1. The Morgan fingerprint density at radius 2 is 2.05 bits per heavy atom. The van der Waals surface area contributed by atoms with Crippen LogP contribution in [0.3, 0.4) is 0 Å². The molecule has 1 amide bonds. The van der Waals surface area contributed by atoms with Crippen LogP contribution in [0.1, 0.15) is 30.1 Å². The first-order valence-corrected chi connectivity index (χ1v) is 7.34. The number of nitrogens with zero attached hydrogens (tertiary/aromatic N) is 1. The summed E-state index contributed by atoms with van der Waals surface area (Å²) in [6, 6.07) is 5.17. The first-order chi connectivity index (χ1) is 9.10. The molecule has 0 radical (unpaired) electrons. The Balaban J connectivity index is 1.96. The van der Waals surface area contributed by atoms with E-state index < -0.39 is 0 Å². The van der Waals surface area contributed by atoms with Gasteiger partial charge in [0, 0.05) is 24.2 Å². The lowest BCUT2D eigenvalue weighted by atomic mass is 10.0. The van der Waals surface area contributed by atoms with Crippen molar-refractivity contribution in [3.63, 3.8) is 0 Å². The minimum absolute atomic E-state index is 0.137. The topological polar surface area (TPSA) is 32.3 Å². The second-order valence-electron chi connectivity index (χ2n) is 4.81. The van der Waals surface area contributed by atoms with Crippen LogP contribution >= 0.6 is 23.2 Å². The molecule has 3 nitrogen and oxygen atoms in total. The van der Waals surface area contributed by atoms with Gasteiger partial charge in [0.05, 0.1) is 10.6 Å². The van der Waals surface area contributed by atoms with Gasteiger partial charge >= 0.3 is 0 Å². The van der Waals surface area contributed by atoms with Gasteiger partial charge in [-0.25, -0.2) is 0 Å². The summed E-state index contributed by atoms with van der Waals surface area (Å²) in [5, 5.41) is 4.00. The number of rotatable bonds is 3. The maximum absolute atomic E-state index is 12.2. The summed E-state index contributed by atoms with van der Waals surface area (Å²) >= 11 is 11.9. The maximum Gasteiger partial charge on any atom is 0.253 e. The molecule has 2 rings (SSSR count). The lowest BCUT2D eigenvalue weighted by molar-refractivity contribution is 0.0913. The Morgan fingerprint density at radius 1 is 1.37 bits per heavy atom. The zero-order valence-corrected chi connectivity index (χ0v) is 12.5. The zero-order valence-electron chi connectivity index (χ0n) is 11.0. The van der Waals surface area contributed by atoms with Gasteiger partial charge in [-0.2, -0.15) is 0 Å². The lowest BCUT2D eigenvalue weighted by Crippen LogP contribution is -2.44. The molecule has 1 aromatic carbocycles. The molecule has 5 heteroatoms. The number of carbonyl (C=O) groups excluding carboxylic acids is 1. The van der Waals surface area contributed by atoms with Crippen LogP contribution in [-0.2, 0) is 0 Å². The highest BCUT2D eigenvalue weighted by Gasteiger charge is 2.21. The van der Waals surface area contributed by atoms with Gasteiger partial charge in [0.25, 0.3) is 5.91 Å². The maximum atomic E-state index is 12.2. The fraction of sp³-hybridized carbons (Fsp3) is 0.500. The van der Waals surface area contributed by atoms with E-state index in [4.69, 9.17) is 23.2 Å². The number of carbonyl (C=O) groups is 1. The van der Waals surface area contributed by atoms with E-state index in [-0.39, 0.29) is 11.9 Å². The molecule has 0 saturated carbocycles. The fourth-order valence-corrected chi connectivity index (χ4v) is 2.70. The molecule has 1 aliphatic heterocycles. The van der Waals surface area contributed by atoms with Crippen molar-refractivity contribution in [3.05, 3.63) is 33.8 Å². The van der Waals surface area contributed by atoms with E-state index in [2.05, 4.69) is 17.1 Å². The molecule has 1 heterocycles. The van der Waals surface area contributed by atoms with Crippen molar-refractivity contribution in [1.82, 2.24) is 10.2 Å². The zero-order chi connectivity index (χ0) is 13.8. The molecule has 1 fully saturated rings. The van der Waals surface area contributed by atoms with Crippen molar-refractivity contribution in [2.45, 2.75) is 25.8 Å². The van der Waals surface area contributed by atoms with Crippen LogP contribution in [0.15, 0.2) is 18.2 Å². The number of amides is 1. The number of hydrogen-bond acceptors (Lipinski definition) is 2. The second-order valence-corrected chi connectivity index (χ2v) is 5.65. The molecule has 1 saturated heterocycles. The van der Waals surface area contributed by atoms with Gasteiger partial charge in [0.2, 0.25) is 0 Å². The molecule has 1 N–H and O–H groups in total. The molecule has 0 spiro atoms. The van der Waals surface area contributed by atoms with Gasteiger partial charge in [-0.3, -0.25) is 4.79 Å². The average molecular weight is 301 g/mol. The highest BCUT2D eigenvalue weighted by atomic mass is 35.5. The smallest absolute Gasteiger partial charge is 0.253 e. The predicted octanol–water partition coefficient (Wildman–Crippen LogP) is 3.21. The molecular formula is C14H18Cl2N2O. The van der Waals surface area contributed by atoms with Gasteiger partial charge in [-0.1, -0.05) is 30.1 Å². The highest BCUT2D eigenvalue weighted by Crippen LogP contribution is 2.21. The number of likely N-dealkylation sites (tertiary alicyclic amines) is 1. The third kappa shape index (κ3) is 3.85. The van der Waals surface area contributed by atoms with E-state index in [1.165, 1.54) is 0 Å². The van der Waals surface area contributed by atoms with Crippen LogP contribution < -0.4 is 5.32 Å². The summed E-state index contributed by atoms with van der Waals surface area (Å²) < 4.78 is 0. The second kappa shape index (κ2) is 6.60. The molecule has 0 unspecified atom stereocenters. The van der Waals surface area contributed by atoms with Crippen molar-refractivity contribution in [2.75, 3.05) is 19.6 Å². The number of piperidine rings is 1. The van der Waals surface area contributed by atoms with E-state index in [1.54, 1.807) is 18.2 Å². The van der Waals surface area contributed by atoms with Crippen LogP contribution in [-0.4, -0.2) is 36.5 Å². The van der Waals surface area contributed by atoms with Gasteiger partial charge in [0.1, 0.15) is 0 Å². The minimum Gasteiger partial charge on any atom is -0.349 e. The van der Waals surface area contributed by atoms with Crippen molar-refractivity contribution >= 4 is 29.1 Å². The summed E-state index contributed by atoms with van der Waals surface area (Å²) in [5.41, 5.74) is 0.451. The number of hydrogen-bond donors (Lipinski definition) is 1. The summed E-state index contributed by atoms with van der Waals surface area (Å²) in [6.07, 6.45) is 1.97. The fourth-order valence-electron chi connectivity index (χ4n) is 2.33. The van der Waals surface area contributed by atoms with Crippen molar-refractivity contribution < 1.29 is 4.79 Å². The summed E-state index contributed by atoms with van der Waals surface area (Å²) in [6.45, 7) is 5.29. The van der Waals surface area contributed by atoms with Crippen LogP contribution in [0, 0.1) is 0 Å². The van der Waals surface area contributed by atoms with Crippen LogP contribution in [0.25, 0.3) is 0 Å². The molecule has 1 aromatic rings. The van der Waals surface area contributed by atoms with Gasteiger partial charge in [-0.05, 0) is 37.6 Å². The number of nitrogens with one attached hydrogen (secondary N) is 1. The molecule has 0 aliphatic carbocycles. The van der Waals surface area contributed by atoms with E-state index in [1.807, 2.05) is 0 Å². The van der Waals surface area contributed by atoms with Crippen LogP contribution in [0.2, 0.25) is 10.0 Å². The Morgan fingerprint density at radius 3 is 2.68 bits per heavy atom. The quantitative estimate of drug-likeness (QED) is 0.930. The summed E-state index contributed by atoms with van der Waals surface area (Å²) in [7, 11) is 0. The third-order valence-corrected chi connectivity index (χ3v) is 4.11. The normalized spacial score (nSPS) is 17.4. The Hall–Kier alpha value is -0.770. The molecule has 0 bridgehead atoms. The Bertz CT molecular complexity index is 457. The molecule has 1 aliphatic rings. The Kier molecular flexibility index (Phi) is 5.08. The molecule has 0 atom stereocenters. The summed E-state index contributed by atoms with van der Waals surface area (Å²) in [5.74, 6) is -0.137. The monoisotopic (exact) mass is 300 g/mol. The van der Waals surface area contributed by atoms with Crippen LogP contribution in [0.5, 0.6) is 0 Å². The number of halogens is 2. The van der Waals surface area contributed by atoms with E-state index >= 15 is 0 Å². The first-order valence-electron chi connectivity index (χ1n) is 6.58. The van der Waals surface area contributed by atoms with Gasteiger partial charge in [-0.15, -0.1) is 0 Å². The third-order valence-electron chi connectivity index (χ3n) is 3.54. The highest BCUT2D eigenvalue weighted by molar-refractivity contribution is 6.35. The minimum atomic E-state index is -0.137. The van der Waals surface area contributed by atoms with Crippen molar-refractivity contribution in [3.8, 4) is 0 Å². The molecule has 19 heavy (non-hydrogen) atoms.